The SMILES string of the molecule is CN=C(NCCc1ccccc1F)NCc1ccc(C)c(F)c1. The van der Waals surface area contributed by atoms with Gasteiger partial charge in [0.15, 0.2) is 5.96 Å². The van der Waals surface area contributed by atoms with Gasteiger partial charge in [-0.2, -0.15) is 0 Å². The smallest absolute Gasteiger partial charge is 0.191 e. The number of halogens is 2. The number of hydrogen-bond acceptors (Lipinski definition) is 1. The Morgan fingerprint density at radius 1 is 1.04 bits per heavy atom. The second-order valence-corrected chi connectivity index (χ2v) is 5.28. The fourth-order valence-corrected chi connectivity index (χ4v) is 2.17. The molecule has 0 aliphatic carbocycles. The molecule has 0 radical (unpaired) electrons. The minimum atomic E-state index is -0.216. The third-order valence-electron chi connectivity index (χ3n) is 3.56. The van der Waals surface area contributed by atoms with Gasteiger partial charge in [-0.15, -0.1) is 0 Å². The molecule has 2 rings (SSSR count). The van der Waals surface area contributed by atoms with Gasteiger partial charge < -0.3 is 10.6 Å². The van der Waals surface area contributed by atoms with E-state index in [9.17, 15) is 8.78 Å². The van der Waals surface area contributed by atoms with Crippen LogP contribution >= 0.6 is 0 Å². The lowest BCUT2D eigenvalue weighted by Crippen LogP contribution is -2.37. The first-order valence-electron chi connectivity index (χ1n) is 7.53. The molecule has 5 heteroatoms. The van der Waals surface area contributed by atoms with Crippen LogP contribution in [0.4, 0.5) is 8.78 Å². The van der Waals surface area contributed by atoms with Crippen molar-refractivity contribution in [3.8, 4) is 0 Å². The first-order valence-corrected chi connectivity index (χ1v) is 7.53. The summed E-state index contributed by atoms with van der Waals surface area (Å²) in [6, 6.07) is 11.8. The van der Waals surface area contributed by atoms with E-state index in [-0.39, 0.29) is 11.6 Å². The number of aliphatic imine (C=N–C) groups is 1. The van der Waals surface area contributed by atoms with E-state index < -0.39 is 0 Å². The molecule has 0 aliphatic heterocycles. The van der Waals surface area contributed by atoms with Crippen molar-refractivity contribution in [3.05, 3.63) is 70.8 Å². The Bertz CT molecular complexity index is 684. The lowest BCUT2D eigenvalue weighted by Gasteiger charge is -2.12. The Morgan fingerprint density at radius 2 is 1.83 bits per heavy atom. The fourth-order valence-electron chi connectivity index (χ4n) is 2.17. The highest BCUT2D eigenvalue weighted by Crippen LogP contribution is 2.09. The van der Waals surface area contributed by atoms with Gasteiger partial charge in [0, 0.05) is 20.1 Å². The van der Waals surface area contributed by atoms with E-state index in [4.69, 9.17) is 0 Å². The van der Waals surface area contributed by atoms with Gasteiger partial charge in [0.2, 0.25) is 0 Å². The second kappa shape index (κ2) is 8.27. The Labute approximate surface area is 135 Å². The minimum Gasteiger partial charge on any atom is -0.356 e. The summed E-state index contributed by atoms with van der Waals surface area (Å²) >= 11 is 0. The summed E-state index contributed by atoms with van der Waals surface area (Å²) in [5.41, 5.74) is 2.13. The number of rotatable bonds is 5. The van der Waals surface area contributed by atoms with E-state index in [0.717, 1.165) is 5.56 Å². The summed E-state index contributed by atoms with van der Waals surface area (Å²) in [5, 5.41) is 6.23. The molecule has 2 aromatic rings. The first-order chi connectivity index (χ1) is 11.1. The zero-order valence-corrected chi connectivity index (χ0v) is 13.4. The monoisotopic (exact) mass is 317 g/mol. The van der Waals surface area contributed by atoms with Crippen molar-refractivity contribution in [2.75, 3.05) is 13.6 Å². The molecule has 3 nitrogen and oxygen atoms in total. The Morgan fingerprint density at radius 3 is 2.52 bits per heavy atom. The highest BCUT2D eigenvalue weighted by molar-refractivity contribution is 5.79. The van der Waals surface area contributed by atoms with Crippen LogP contribution in [-0.2, 0) is 13.0 Å². The van der Waals surface area contributed by atoms with E-state index in [1.165, 1.54) is 12.1 Å². The summed E-state index contributed by atoms with van der Waals surface area (Å²) < 4.78 is 27.0. The Kier molecular flexibility index (Phi) is 6.09. The molecule has 0 saturated carbocycles. The van der Waals surface area contributed by atoms with Gasteiger partial charge >= 0.3 is 0 Å². The van der Waals surface area contributed by atoms with Crippen LogP contribution in [0.3, 0.4) is 0 Å². The molecule has 0 bridgehead atoms. The molecule has 122 valence electrons. The Hall–Kier alpha value is -2.43. The topological polar surface area (TPSA) is 36.4 Å². The summed E-state index contributed by atoms with van der Waals surface area (Å²) in [6.45, 7) is 2.76. The molecule has 0 aromatic heterocycles. The molecule has 0 saturated heterocycles. The zero-order chi connectivity index (χ0) is 16.7. The lowest BCUT2D eigenvalue weighted by atomic mass is 10.1. The van der Waals surface area contributed by atoms with Crippen molar-refractivity contribution in [3.63, 3.8) is 0 Å². The molecule has 0 heterocycles. The zero-order valence-electron chi connectivity index (χ0n) is 13.4. The number of benzene rings is 2. The molecule has 2 N–H and O–H groups in total. The van der Waals surface area contributed by atoms with E-state index in [1.807, 2.05) is 12.1 Å². The predicted molar refractivity (Wildman–Crippen MR) is 89.4 cm³/mol. The van der Waals surface area contributed by atoms with Crippen molar-refractivity contribution in [1.82, 2.24) is 10.6 Å². The molecule has 0 aliphatic rings. The third-order valence-corrected chi connectivity index (χ3v) is 3.56. The van der Waals surface area contributed by atoms with Crippen molar-refractivity contribution < 1.29 is 8.78 Å². The molecular weight excluding hydrogens is 296 g/mol. The molecule has 2 aromatic carbocycles. The summed E-state index contributed by atoms with van der Waals surface area (Å²) in [4.78, 5) is 4.10. The quantitative estimate of drug-likeness (QED) is 0.656. The van der Waals surface area contributed by atoms with Crippen LogP contribution in [0.5, 0.6) is 0 Å². The van der Waals surface area contributed by atoms with E-state index in [0.29, 0.717) is 36.6 Å². The van der Waals surface area contributed by atoms with E-state index in [1.54, 1.807) is 32.2 Å². The molecule has 0 unspecified atom stereocenters. The standard InChI is InChI=1S/C18H21F2N3/c1-13-7-8-14(11-17(13)20)12-23-18(21-2)22-10-9-15-5-3-4-6-16(15)19/h3-8,11H,9-10,12H2,1-2H3,(H2,21,22,23). The predicted octanol–water partition coefficient (Wildman–Crippen LogP) is 3.18. The van der Waals surface area contributed by atoms with Crippen LogP contribution in [0.2, 0.25) is 0 Å². The summed E-state index contributed by atoms with van der Waals surface area (Å²) in [5.74, 6) is 0.182. The van der Waals surface area contributed by atoms with Gasteiger partial charge in [-0.05, 0) is 42.2 Å². The van der Waals surface area contributed by atoms with Gasteiger partial charge in [0.25, 0.3) is 0 Å². The summed E-state index contributed by atoms with van der Waals surface area (Å²) in [6.07, 6.45) is 0.562. The average molecular weight is 317 g/mol. The Balaban J connectivity index is 1.81. The third kappa shape index (κ3) is 5.06. The number of hydrogen-bond donors (Lipinski definition) is 2. The van der Waals surface area contributed by atoms with Gasteiger partial charge in [-0.25, -0.2) is 8.78 Å². The van der Waals surface area contributed by atoms with Crippen molar-refractivity contribution in [2.24, 2.45) is 4.99 Å². The van der Waals surface area contributed by atoms with Gasteiger partial charge in [-0.1, -0.05) is 30.3 Å². The molecule has 23 heavy (non-hydrogen) atoms. The largest absolute Gasteiger partial charge is 0.356 e. The van der Waals surface area contributed by atoms with Crippen LogP contribution in [0.15, 0.2) is 47.5 Å². The van der Waals surface area contributed by atoms with Crippen LogP contribution in [0.25, 0.3) is 0 Å². The van der Waals surface area contributed by atoms with Crippen molar-refractivity contribution in [2.45, 2.75) is 19.9 Å². The number of aryl methyl sites for hydroxylation is 1. The highest BCUT2D eigenvalue weighted by Gasteiger charge is 2.03. The van der Waals surface area contributed by atoms with Gasteiger partial charge in [0.05, 0.1) is 0 Å². The van der Waals surface area contributed by atoms with E-state index >= 15 is 0 Å². The molecule has 0 atom stereocenters. The normalized spacial score (nSPS) is 11.4. The van der Waals surface area contributed by atoms with Crippen LogP contribution < -0.4 is 10.6 Å². The maximum absolute atomic E-state index is 13.5. The van der Waals surface area contributed by atoms with E-state index in [2.05, 4.69) is 15.6 Å². The fraction of sp³-hybridized carbons (Fsp3) is 0.278. The molecule has 0 spiro atoms. The molecule has 0 amide bonds. The second-order valence-electron chi connectivity index (χ2n) is 5.28. The lowest BCUT2D eigenvalue weighted by molar-refractivity contribution is 0.606. The van der Waals surface area contributed by atoms with Gasteiger partial charge in [0.1, 0.15) is 11.6 Å². The number of guanidine groups is 1. The first kappa shape index (κ1) is 16.9. The number of nitrogens with zero attached hydrogens (tertiary/aromatic N) is 1. The van der Waals surface area contributed by atoms with Crippen LogP contribution in [0.1, 0.15) is 16.7 Å². The minimum absolute atomic E-state index is 0.202. The van der Waals surface area contributed by atoms with Crippen LogP contribution in [0, 0.1) is 18.6 Å². The maximum atomic E-state index is 13.5. The van der Waals surface area contributed by atoms with Crippen molar-refractivity contribution >= 4 is 5.96 Å². The highest BCUT2D eigenvalue weighted by atomic mass is 19.1. The maximum Gasteiger partial charge on any atom is 0.191 e. The number of nitrogens with one attached hydrogen (secondary N) is 2. The summed E-state index contributed by atoms with van der Waals surface area (Å²) in [7, 11) is 1.66. The van der Waals surface area contributed by atoms with Gasteiger partial charge in [-0.3, -0.25) is 4.99 Å². The molecule has 0 fully saturated rings. The molecular formula is C18H21F2N3. The van der Waals surface area contributed by atoms with Crippen molar-refractivity contribution in [1.29, 1.82) is 0 Å². The average Bonchev–Trinajstić information content (AvgIpc) is 2.55. The van der Waals surface area contributed by atoms with Crippen LogP contribution in [-0.4, -0.2) is 19.6 Å².